The van der Waals surface area contributed by atoms with E-state index in [0.29, 0.717) is 0 Å². The van der Waals surface area contributed by atoms with Crippen molar-refractivity contribution in [1.29, 1.82) is 0 Å². The van der Waals surface area contributed by atoms with Gasteiger partial charge in [-0.1, -0.05) is 0 Å². The first-order valence-corrected chi connectivity index (χ1v) is 1.05. The predicted molar refractivity (Wildman–Crippen MR) is 13.9 cm³/mol. The smallest absolute Gasteiger partial charge is 1.00 e. The van der Waals surface area contributed by atoms with Crippen LogP contribution in [0.1, 0.15) is 8.35 Å². The van der Waals surface area contributed by atoms with E-state index in [4.69, 9.17) is 5.11 Å². The second-order valence-corrected chi connectivity index (χ2v) is 0.574. The Kier molecular flexibility index (Phi) is 9.10. The molecule has 1 nitrogen and oxygen atoms in total. The molecule has 0 aromatic heterocycles. The first-order valence-electron chi connectivity index (χ1n) is 1.05. The molecule has 0 spiro atoms. The maximum atomic E-state index is 10.6. The molecule has 0 aromatic carbocycles. The molecule has 1 atom stereocenters. The third kappa shape index (κ3) is 51.6. The van der Waals surface area contributed by atoms with Gasteiger partial charge in [0.05, 0.1) is 0 Å². The van der Waals surface area contributed by atoms with Crippen molar-refractivity contribution >= 4 is 0 Å². The van der Waals surface area contributed by atoms with Gasteiger partial charge in [-0.15, -0.1) is 0 Å². The van der Waals surface area contributed by atoms with Gasteiger partial charge in [-0.2, -0.15) is 0 Å². The summed E-state index contributed by atoms with van der Waals surface area (Å²) in [5.41, 5.74) is 0. The Morgan fingerprint density at radius 1 is 2.00 bits per heavy atom. The summed E-state index contributed by atoms with van der Waals surface area (Å²) in [4.78, 5) is 0. The van der Waals surface area contributed by atoms with Crippen LogP contribution in [0, 0.1) is 0 Å². The van der Waals surface area contributed by atoms with E-state index < -0.39 is 6.36 Å². The molecule has 3 heteroatoms. The molecule has 0 aromatic rings. The summed E-state index contributed by atoms with van der Waals surface area (Å²) < 4.78 is 10.6. The minimum absolute atomic E-state index is 0. The molecule has 1 N–H and O–H groups in total. The van der Waals surface area contributed by atoms with E-state index in [9.17, 15) is 4.39 Å². The molecule has 0 saturated carbocycles. The molecular weight excluding hydrogens is 82.0 g/mol. The zero-order chi connectivity index (χ0) is 3.58. The molecule has 0 aliphatic carbocycles. The largest absolute Gasteiger partial charge is 1.00 e. The van der Waals surface area contributed by atoms with Crippen LogP contribution in [0.15, 0.2) is 0 Å². The molecule has 0 saturated heterocycles. The van der Waals surface area contributed by atoms with Gasteiger partial charge in [0, 0.05) is 0 Å². The second kappa shape index (κ2) is 4.89. The second-order valence-electron chi connectivity index (χ2n) is 0.574. The Labute approximate surface area is 54.0 Å². The van der Waals surface area contributed by atoms with Gasteiger partial charge in [-0.05, 0) is 6.92 Å². The van der Waals surface area contributed by atoms with Gasteiger partial charge in [0.1, 0.15) is 0 Å². The van der Waals surface area contributed by atoms with Crippen LogP contribution in [0.2, 0.25) is 0 Å². The molecule has 0 radical (unpaired) electrons. The fraction of sp³-hybridized carbons (Fsp3) is 1.00. The van der Waals surface area contributed by atoms with Gasteiger partial charge in [0.2, 0.25) is 0 Å². The average molecular weight is 88.1 g/mol. The van der Waals surface area contributed by atoms with E-state index in [1.54, 1.807) is 0 Å². The number of hydrogen-bond acceptors (Lipinski definition) is 1. The maximum absolute atomic E-state index is 10.6. The van der Waals surface area contributed by atoms with Crippen molar-refractivity contribution in [2.75, 3.05) is 0 Å². The van der Waals surface area contributed by atoms with E-state index in [2.05, 4.69) is 0 Å². The molecule has 5 heavy (non-hydrogen) atoms. The zero-order valence-electron chi connectivity index (χ0n) is 4.40. The van der Waals surface area contributed by atoms with Gasteiger partial charge in [-0.25, -0.2) is 4.39 Å². The molecule has 0 heterocycles. The van der Waals surface area contributed by atoms with Crippen LogP contribution in [0.4, 0.5) is 4.39 Å². The summed E-state index contributed by atoms with van der Waals surface area (Å²) in [7, 11) is 0. The van der Waals surface area contributed by atoms with E-state index in [1.165, 1.54) is 0 Å². The minimum Gasteiger partial charge on any atom is -1.00 e. The molecule has 28 valence electrons. The first kappa shape index (κ1) is 9.31. The van der Waals surface area contributed by atoms with Crippen LogP contribution in [0.5, 0.6) is 0 Å². The zero-order valence-corrected chi connectivity index (χ0v) is 5.40. The van der Waals surface area contributed by atoms with Crippen LogP contribution in [0.3, 0.4) is 0 Å². The summed E-state index contributed by atoms with van der Waals surface area (Å²) in [5, 5.41) is 7.39. The van der Waals surface area contributed by atoms with E-state index >= 15 is 0 Å². The number of halogens is 1. The van der Waals surface area contributed by atoms with Crippen LogP contribution in [-0.2, 0) is 0 Å². The number of alkyl halides is 1. The van der Waals surface area contributed by atoms with Crippen molar-refractivity contribution in [3.63, 3.8) is 0 Å². The van der Waals surface area contributed by atoms with Gasteiger partial charge in [0.25, 0.3) is 0 Å². The van der Waals surface area contributed by atoms with E-state index in [0.717, 1.165) is 6.92 Å². The van der Waals surface area contributed by atoms with Crippen molar-refractivity contribution in [1.82, 2.24) is 0 Å². The van der Waals surface area contributed by atoms with E-state index in [1.807, 2.05) is 0 Å². The van der Waals surface area contributed by atoms with Crippen LogP contribution in [-0.4, -0.2) is 11.5 Å². The Bertz CT molecular complexity index is 18.3. The van der Waals surface area contributed by atoms with Crippen LogP contribution < -0.4 is 29.6 Å². The fourth-order valence-electron chi connectivity index (χ4n) is 0. The standard InChI is InChI=1S/C2H5FO.Na.H/c1-2(3)4;;/h2,4H,1H3;;/q;+1;-1. The average Bonchev–Trinajstić information content (AvgIpc) is 0.811. The first-order chi connectivity index (χ1) is 1.73. The van der Waals surface area contributed by atoms with Crippen molar-refractivity contribution < 1.29 is 40.5 Å². The molecule has 0 amide bonds. The SMILES string of the molecule is CC(O)F.[H-].[Na+]. The predicted octanol–water partition coefficient (Wildman–Crippen LogP) is -2.59. The van der Waals surface area contributed by atoms with Crippen molar-refractivity contribution in [3.8, 4) is 0 Å². The third-order valence-corrected chi connectivity index (χ3v) is 0. The van der Waals surface area contributed by atoms with Gasteiger partial charge in [-0.3, -0.25) is 0 Å². The van der Waals surface area contributed by atoms with Crippen molar-refractivity contribution in [2.24, 2.45) is 0 Å². The molecule has 1 unspecified atom stereocenters. The maximum Gasteiger partial charge on any atom is 1.00 e. The number of aliphatic hydroxyl groups is 1. The molecule has 0 bridgehead atoms. The Morgan fingerprint density at radius 2 is 2.00 bits per heavy atom. The van der Waals surface area contributed by atoms with Gasteiger partial charge < -0.3 is 6.53 Å². The van der Waals surface area contributed by atoms with E-state index in [-0.39, 0.29) is 31.0 Å². The Morgan fingerprint density at radius 3 is 2.00 bits per heavy atom. The summed E-state index contributed by atoms with van der Waals surface area (Å²) in [6.45, 7) is 1.06. The van der Waals surface area contributed by atoms with Gasteiger partial charge in [0.15, 0.2) is 6.36 Å². The molecular formula is C2H6FNaO. The summed E-state index contributed by atoms with van der Waals surface area (Å²) in [6.07, 6.45) is -1.67. The number of rotatable bonds is 0. The number of aliphatic hydroxyl groups excluding tert-OH is 1. The minimum atomic E-state index is -1.67. The summed E-state index contributed by atoms with van der Waals surface area (Å²) in [5.74, 6) is 0. The molecule has 0 aliphatic rings. The molecule has 0 aliphatic heterocycles. The summed E-state index contributed by atoms with van der Waals surface area (Å²) >= 11 is 0. The third-order valence-electron chi connectivity index (χ3n) is 0. The quantitative estimate of drug-likeness (QED) is 0.322. The Hall–Kier alpha value is 0.890. The van der Waals surface area contributed by atoms with Crippen molar-refractivity contribution in [3.05, 3.63) is 0 Å². The molecule has 0 fully saturated rings. The number of hydrogen-bond donors (Lipinski definition) is 1. The van der Waals surface area contributed by atoms with Gasteiger partial charge >= 0.3 is 29.6 Å². The van der Waals surface area contributed by atoms with Crippen LogP contribution >= 0.6 is 0 Å². The summed E-state index contributed by atoms with van der Waals surface area (Å²) in [6, 6.07) is 0. The Balaban J connectivity index is -0.0000000450. The fourth-order valence-corrected chi connectivity index (χ4v) is 0. The van der Waals surface area contributed by atoms with Crippen molar-refractivity contribution in [2.45, 2.75) is 13.3 Å². The monoisotopic (exact) mass is 88.0 g/mol. The molecule has 0 rings (SSSR count). The normalized spacial score (nSPS) is 12.6. The van der Waals surface area contributed by atoms with Crippen LogP contribution in [0.25, 0.3) is 0 Å². The topological polar surface area (TPSA) is 20.2 Å².